The van der Waals surface area contributed by atoms with Crippen LogP contribution in [0, 0.1) is 0 Å². The van der Waals surface area contributed by atoms with Crippen LogP contribution in [0.2, 0.25) is 0 Å². The molecule has 0 aliphatic rings. The van der Waals surface area contributed by atoms with Crippen LogP contribution in [0.3, 0.4) is 0 Å². The largest absolute Gasteiger partial charge is 0.484 e. The molecule has 2 aromatic carbocycles. The van der Waals surface area contributed by atoms with Gasteiger partial charge in [-0.25, -0.2) is 0 Å². The van der Waals surface area contributed by atoms with Crippen LogP contribution in [-0.4, -0.2) is 25.0 Å². The Labute approximate surface area is 136 Å². The number of rotatable bonds is 7. The molecule has 6 nitrogen and oxygen atoms in total. The number of ether oxygens (including phenoxy) is 2. The van der Waals surface area contributed by atoms with E-state index in [4.69, 9.17) is 10.5 Å². The molecule has 0 aliphatic heterocycles. The number of primary amides is 1. The summed E-state index contributed by atoms with van der Waals surface area (Å²) >= 11 is 0. The quantitative estimate of drug-likeness (QED) is 0.812. The van der Waals surface area contributed by atoms with Gasteiger partial charge in [0.05, 0.1) is 0 Å². The van der Waals surface area contributed by atoms with Gasteiger partial charge in [0.2, 0.25) is 0 Å². The lowest BCUT2D eigenvalue weighted by atomic mass is 10.2. The Morgan fingerprint density at radius 1 is 1.08 bits per heavy atom. The molecule has 2 rings (SSSR count). The molecule has 3 N–H and O–H groups in total. The molecule has 0 bridgehead atoms. The van der Waals surface area contributed by atoms with Gasteiger partial charge in [0.25, 0.3) is 11.8 Å². The maximum atomic E-state index is 12.2. The van der Waals surface area contributed by atoms with Crippen molar-refractivity contribution in [1.29, 1.82) is 0 Å². The minimum atomic E-state index is -2.91. The van der Waals surface area contributed by atoms with Crippen LogP contribution in [-0.2, 0) is 4.79 Å². The average molecular weight is 336 g/mol. The first-order valence-electron chi connectivity index (χ1n) is 6.81. The SMILES string of the molecule is NC(=O)COc1cccc(C(=O)Nc2ccc(OC(F)F)cc2)c1. The van der Waals surface area contributed by atoms with E-state index in [1.807, 2.05) is 0 Å². The Bertz CT molecular complexity index is 720. The van der Waals surface area contributed by atoms with Gasteiger partial charge in [-0.15, -0.1) is 0 Å². The standard InChI is InChI=1S/C16H14F2N2O4/c17-16(18)24-12-6-4-11(5-7-12)20-15(22)10-2-1-3-13(8-10)23-9-14(19)21/h1-8,16H,9H2,(H2,19,21)(H,20,22). The second-order valence-corrected chi connectivity index (χ2v) is 4.64. The summed E-state index contributed by atoms with van der Waals surface area (Å²) in [5.41, 5.74) is 5.69. The highest BCUT2D eigenvalue weighted by atomic mass is 19.3. The topological polar surface area (TPSA) is 90.7 Å². The number of carbonyl (C=O) groups is 2. The molecule has 0 saturated heterocycles. The van der Waals surface area contributed by atoms with Crippen LogP contribution in [0.1, 0.15) is 10.4 Å². The van der Waals surface area contributed by atoms with Gasteiger partial charge in [0, 0.05) is 11.3 Å². The number of benzene rings is 2. The van der Waals surface area contributed by atoms with E-state index < -0.39 is 18.4 Å². The molecule has 2 aromatic rings. The van der Waals surface area contributed by atoms with Crippen LogP contribution in [0.4, 0.5) is 14.5 Å². The summed E-state index contributed by atoms with van der Waals surface area (Å²) < 4.78 is 33.5. The van der Waals surface area contributed by atoms with E-state index in [0.29, 0.717) is 17.0 Å². The molecule has 0 saturated carbocycles. The highest BCUT2D eigenvalue weighted by Crippen LogP contribution is 2.19. The average Bonchev–Trinajstić information content (AvgIpc) is 2.54. The lowest BCUT2D eigenvalue weighted by Crippen LogP contribution is -2.20. The minimum Gasteiger partial charge on any atom is -0.484 e. The normalized spacial score (nSPS) is 10.3. The van der Waals surface area contributed by atoms with Crippen LogP contribution in [0.25, 0.3) is 0 Å². The van der Waals surface area contributed by atoms with Crippen molar-refractivity contribution in [2.75, 3.05) is 11.9 Å². The van der Waals surface area contributed by atoms with Crippen LogP contribution in [0.15, 0.2) is 48.5 Å². The van der Waals surface area contributed by atoms with Gasteiger partial charge in [-0.05, 0) is 42.5 Å². The maximum absolute atomic E-state index is 12.2. The number of amides is 2. The predicted octanol–water partition coefficient (Wildman–Crippen LogP) is 2.40. The smallest absolute Gasteiger partial charge is 0.387 e. The molecular formula is C16H14F2N2O4. The monoisotopic (exact) mass is 336 g/mol. The molecular weight excluding hydrogens is 322 g/mol. The molecule has 2 amide bonds. The fourth-order valence-electron chi connectivity index (χ4n) is 1.80. The van der Waals surface area contributed by atoms with Crippen LogP contribution in [0.5, 0.6) is 11.5 Å². The highest BCUT2D eigenvalue weighted by Gasteiger charge is 2.09. The molecule has 0 atom stereocenters. The van der Waals surface area contributed by atoms with Crippen molar-refractivity contribution in [3.63, 3.8) is 0 Å². The summed E-state index contributed by atoms with van der Waals surface area (Å²) in [5, 5.41) is 2.60. The van der Waals surface area contributed by atoms with Crippen molar-refractivity contribution in [3.8, 4) is 11.5 Å². The summed E-state index contributed by atoms with van der Waals surface area (Å²) in [6.45, 7) is -3.20. The van der Waals surface area contributed by atoms with Gasteiger partial charge in [-0.1, -0.05) is 6.07 Å². The van der Waals surface area contributed by atoms with Crippen molar-refractivity contribution >= 4 is 17.5 Å². The van der Waals surface area contributed by atoms with Crippen molar-refractivity contribution in [3.05, 3.63) is 54.1 Å². The molecule has 0 heterocycles. The fraction of sp³-hybridized carbons (Fsp3) is 0.125. The van der Waals surface area contributed by atoms with E-state index in [0.717, 1.165) is 0 Å². The third kappa shape index (κ3) is 5.24. The van der Waals surface area contributed by atoms with Gasteiger partial charge in [-0.3, -0.25) is 9.59 Å². The Hall–Kier alpha value is -3.16. The summed E-state index contributed by atoms with van der Waals surface area (Å²) in [7, 11) is 0. The lowest BCUT2D eigenvalue weighted by molar-refractivity contribution is -0.119. The van der Waals surface area contributed by atoms with Gasteiger partial charge >= 0.3 is 6.61 Å². The van der Waals surface area contributed by atoms with Crippen molar-refractivity contribution in [2.24, 2.45) is 5.73 Å². The first-order valence-corrected chi connectivity index (χ1v) is 6.81. The lowest BCUT2D eigenvalue weighted by Gasteiger charge is -2.09. The minimum absolute atomic E-state index is 0.00940. The number of alkyl halides is 2. The zero-order chi connectivity index (χ0) is 17.5. The van der Waals surface area contributed by atoms with Gasteiger partial charge in [-0.2, -0.15) is 8.78 Å². The Morgan fingerprint density at radius 2 is 1.79 bits per heavy atom. The summed E-state index contributed by atoms with van der Waals surface area (Å²) in [6.07, 6.45) is 0. The number of halogens is 2. The summed E-state index contributed by atoms with van der Waals surface area (Å²) in [5.74, 6) is -0.745. The van der Waals surface area contributed by atoms with E-state index in [2.05, 4.69) is 10.1 Å². The third-order valence-corrected chi connectivity index (χ3v) is 2.81. The number of hydrogen-bond donors (Lipinski definition) is 2. The van der Waals surface area contributed by atoms with Crippen molar-refractivity contribution in [2.45, 2.75) is 6.61 Å². The van der Waals surface area contributed by atoms with E-state index in [1.54, 1.807) is 18.2 Å². The second kappa shape index (κ2) is 7.91. The summed E-state index contributed by atoms with van der Waals surface area (Å²) in [6, 6.07) is 11.7. The van der Waals surface area contributed by atoms with Crippen LogP contribution < -0.4 is 20.5 Å². The van der Waals surface area contributed by atoms with E-state index in [-0.39, 0.29) is 12.4 Å². The molecule has 0 unspecified atom stereocenters. The number of nitrogens with one attached hydrogen (secondary N) is 1. The first kappa shape index (κ1) is 17.2. The molecule has 126 valence electrons. The molecule has 8 heteroatoms. The number of carbonyl (C=O) groups excluding carboxylic acids is 2. The highest BCUT2D eigenvalue weighted by molar-refractivity contribution is 6.04. The zero-order valence-electron chi connectivity index (χ0n) is 12.4. The van der Waals surface area contributed by atoms with Crippen molar-refractivity contribution in [1.82, 2.24) is 0 Å². The number of hydrogen-bond acceptors (Lipinski definition) is 4. The Morgan fingerprint density at radius 3 is 2.42 bits per heavy atom. The first-order chi connectivity index (χ1) is 11.4. The fourth-order valence-corrected chi connectivity index (χ4v) is 1.80. The maximum Gasteiger partial charge on any atom is 0.387 e. The molecule has 0 radical (unpaired) electrons. The Kier molecular flexibility index (Phi) is 5.67. The number of nitrogens with two attached hydrogens (primary N) is 1. The van der Waals surface area contributed by atoms with Gasteiger partial charge < -0.3 is 20.5 Å². The molecule has 0 fully saturated rings. The van der Waals surface area contributed by atoms with E-state index >= 15 is 0 Å². The Balaban J connectivity index is 2.01. The second-order valence-electron chi connectivity index (χ2n) is 4.64. The van der Waals surface area contributed by atoms with Gasteiger partial charge in [0.1, 0.15) is 11.5 Å². The predicted molar refractivity (Wildman–Crippen MR) is 82.2 cm³/mol. The number of anilines is 1. The van der Waals surface area contributed by atoms with E-state index in [9.17, 15) is 18.4 Å². The molecule has 0 aliphatic carbocycles. The summed E-state index contributed by atoms with van der Waals surface area (Å²) in [4.78, 5) is 22.8. The van der Waals surface area contributed by atoms with Crippen molar-refractivity contribution < 1.29 is 27.8 Å². The van der Waals surface area contributed by atoms with Crippen LogP contribution >= 0.6 is 0 Å². The molecule has 24 heavy (non-hydrogen) atoms. The van der Waals surface area contributed by atoms with E-state index in [1.165, 1.54) is 30.3 Å². The molecule has 0 aromatic heterocycles. The van der Waals surface area contributed by atoms with Gasteiger partial charge in [0.15, 0.2) is 6.61 Å². The molecule has 0 spiro atoms. The third-order valence-electron chi connectivity index (χ3n) is 2.81. The zero-order valence-corrected chi connectivity index (χ0v) is 12.4.